The molecule has 0 atom stereocenters. The maximum atomic E-state index is 12.0. The maximum absolute atomic E-state index is 12.0. The highest BCUT2D eigenvalue weighted by Crippen LogP contribution is 2.12. The van der Waals surface area contributed by atoms with Gasteiger partial charge < -0.3 is 11.5 Å². The van der Waals surface area contributed by atoms with Crippen LogP contribution >= 0.6 is 0 Å². The fourth-order valence-corrected chi connectivity index (χ4v) is 2.28. The molecule has 0 aliphatic heterocycles. The van der Waals surface area contributed by atoms with E-state index in [1.54, 1.807) is 16.9 Å². The summed E-state index contributed by atoms with van der Waals surface area (Å²) in [7, 11) is 0. The number of nitrogens with zero attached hydrogens (tertiary/aromatic N) is 2. The fraction of sp³-hybridized carbons (Fsp3) is 0.0588. The van der Waals surface area contributed by atoms with Gasteiger partial charge in [-0.05, 0) is 35.9 Å². The molecule has 1 heterocycles. The standard InChI is InChI=1S/C17H16N4O/c18-13-4-1-3-12(9-13)10-16-17(22)7-8-21(20-16)15-6-2-5-14(19)11-15/h1-9,11H,10,18-19H2. The summed E-state index contributed by atoms with van der Waals surface area (Å²) in [4.78, 5) is 12.0. The van der Waals surface area contributed by atoms with E-state index in [1.807, 2.05) is 42.5 Å². The highest BCUT2D eigenvalue weighted by Gasteiger charge is 2.06. The smallest absolute Gasteiger partial charge is 0.203 e. The van der Waals surface area contributed by atoms with Gasteiger partial charge in [-0.3, -0.25) is 4.79 Å². The largest absolute Gasteiger partial charge is 0.399 e. The highest BCUT2D eigenvalue weighted by atomic mass is 16.1. The molecule has 0 bridgehead atoms. The Hall–Kier alpha value is -3.08. The van der Waals surface area contributed by atoms with Gasteiger partial charge in [0.25, 0.3) is 0 Å². The van der Waals surface area contributed by atoms with Crippen molar-refractivity contribution in [1.82, 2.24) is 9.78 Å². The fourth-order valence-electron chi connectivity index (χ4n) is 2.28. The van der Waals surface area contributed by atoms with Crippen LogP contribution in [0.2, 0.25) is 0 Å². The van der Waals surface area contributed by atoms with Crippen molar-refractivity contribution >= 4 is 11.4 Å². The monoisotopic (exact) mass is 292 g/mol. The van der Waals surface area contributed by atoms with Crippen molar-refractivity contribution in [3.63, 3.8) is 0 Å². The lowest BCUT2D eigenvalue weighted by Gasteiger charge is -2.08. The molecular weight excluding hydrogens is 276 g/mol. The van der Waals surface area contributed by atoms with Crippen molar-refractivity contribution in [3.05, 3.63) is 82.3 Å². The number of hydrogen-bond acceptors (Lipinski definition) is 4. The van der Waals surface area contributed by atoms with E-state index in [9.17, 15) is 4.79 Å². The zero-order chi connectivity index (χ0) is 15.5. The topological polar surface area (TPSA) is 86.9 Å². The Bertz CT molecular complexity index is 870. The Morgan fingerprint density at radius 2 is 1.68 bits per heavy atom. The van der Waals surface area contributed by atoms with E-state index in [-0.39, 0.29) is 5.43 Å². The second-order valence-electron chi connectivity index (χ2n) is 5.09. The van der Waals surface area contributed by atoms with Crippen LogP contribution in [0.5, 0.6) is 0 Å². The van der Waals surface area contributed by atoms with Crippen LogP contribution in [-0.4, -0.2) is 9.78 Å². The lowest BCUT2D eigenvalue weighted by atomic mass is 10.1. The molecule has 0 saturated carbocycles. The van der Waals surface area contributed by atoms with Gasteiger partial charge in [-0.2, -0.15) is 5.10 Å². The van der Waals surface area contributed by atoms with Crippen LogP contribution in [0, 0.1) is 0 Å². The predicted molar refractivity (Wildman–Crippen MR) is 87.9 cm³/mol. The summed E-state index contributed by atoms with van der Waals surface area (Å²) >= 11 is 0. The molecule has 1 aromatic heterocycles. The first-order valence-corrected chi connectivity index (χ1v) is 6.91. The minimum Gasteiger partial charge on any atom is -0.399 e. The van der Waals surface area contributed by atoms with E-state index >= 15 is 0 Å². The molecule has 3 aromatic rings. The second kappa shape index (κ2) is 5.73. The first-order valence-electron chi connectivity index (χ1n) is 6.91. The normalized spacial score (nSPS) is 10.5. The summed E-state index contributed by atoms with van der Waals surface area (Å²) in [5.41, 5.74) is 15.0. The van der Waals surface area contributed by atoms with Crippen LogP contribution in [0.25, 0.3) is 5.69 Å². The summed E-state index contributed by atoms with van der Waals surface area (Å²) in [6.07, 6.45) is 2.08. The van der Waals surface area contributed by atoms with Gasteiger partial charge in [-0.1, -0.05) is 18.2 Å². The van der Waals surface area contributed by atoms with Crippen LogP contribution in [-0.2, 0) is 6.42 Å². The summed E-state index contributed by atoms with van der Waals surface area (Å²) < 4.78 is 1.65. The van der Waals surface area contributed by atoms with Crippen molar-refractivity contribution in [2.45, 2.75) is 6.42 Å². The minimum absolute atomic E-state index is 0.0948. The average molecular weight is 292 g/mol. The molecule has 0 aliphatic rings. The molecule has 5 heteroatoms. The molecule has 0 aliphatic carbocycles. The average Bonchev–Trinajstić information content (AvgIpc) is 2.49. The highest BCUT2D eigenvalue weighted by molar-refractivity contribution is 5.47. The van der Waals surface area contributed by atoms with Gasteiger partial charge in [-0.25, -0.2) is 4.68 Å². The first-order chi connectivity index (χ1) is 10.6. The van der Waals surface area contributed by atoms with Crippen molar-refractivity contribution in [2.24, 2.45) is 0 Å². The Morgan fingerprint density at radius 1 is 0.955 bits per heavy atom. The van der Waals surface area contributed by atoms with E-state index in [0.29, 0.717) is 23.5 Å². The van der Waals surface area contributed by atoms with Crippen molar-refractivity contribution in [3.8, 4) is 5.69 Å². The molecule has 0 saturated heterocycles. The van der Waals surface area contributed by atoms with Gasteiger partial charge in [0.2, 0.25) is 5.43 Å². The number of anilines is 2. The van der Waals surface area contributed by atoms with E-state index in [2.05, 4.69) is 5.10 Å². The molecule has 5 nitrogen and oxygen atoms in total. The van der Waals surface area contributed by atoms with E-state index in [0.717, 1.165) is 11.3 Å². The molecule has 0 unspecified atom stereocenters. The molecule has 22 heavy (non-hydrogen) atoms. The molecule has 0 spiro atoms. The SMILES string of the molecule is Nc1cccc(Cc2nn(-c3cccc(N)c3)ccc2=O)c1. The summed E-state index contributed by atoms with van der Waals surface area (Å²) in [5, 5.41) is 4.42. The molecule has 3 rings (SSSR count). The molecule has 0 radical (unpaired) electrons. The van der Waals surface area contributed by atoms with Gasteiger partial charge in [0.05, 0.1) is 5.69 Å². The van der Waals surface area contributed by atoms with E-state index < -0.39 is 0 Å². The molecule has 2 aromatic carbocycles. The Morgan fingerprint density at radius 3 is 2.41 bits per heavy atom. The second-order valence-corrected chi connectivity index (χ2v) is 5.09. The molecule has 0 amide bonds. The number of aromatic nitrogens is 2. The third kappa shape index (κ3) is 2.98. The van der Waals surface area contributed by atoms with Gasteiger partial charge in [-0.15, -0.1) is 0 Å². The van der Waals surface area contributed by atoms with Gasteiger partial charge in [0.1, 0.15) is 5.69 Å². The number of nitrogens with two attached hydrogens (primary N) is 2. The zero-order valence-corrected chi connectivity index (χ0v) is 11.9. The minimum atomic E-state index is -0.0948. The van der Waals surface area contributed by atoms with Crippen LogP contribution < -0.4 is 16.9 Å². The quantitative estimate of drug-likeness (QED) is 0.723. The Balaban J connectivity index is 1.98. The first kappa shape index (κ1) is 13.9. The van der Waals surface area contributed by atoms with E-state index in [4.69, 9.17) is 11.5 Å². The third-order valence-electron chi connectivity index (χ3n) is 3.34. The van der Waals surface area contributed by atoms with E-state index in [1.165, 1.54) is 6.07 Å². The number of benzene rings is 2. The Kier molecular flexibility index (Phi) is 3.62. The van der Waals surface area contributed by atoms with Crippen LogP contribution in [0.1, 0.15) is 11.3 Å². The van der Waals surface area contributed by atoms with Crippen LogP contribution in [0.15, 0.2) is 65.6 Å². The van der Waals surface area contributed by atoms with Crippen LogP contribution in [0.4, 0.5) is 11.4 Å². The predicted octanol–water partition coefficient (Wildman–Crippen LogP) is 1.99. The van der Waals surface area contributed by atoms with Gasteiger partial charge >= 0.3 is 0 Å². The molecular formula is C17H16N4O. The lowest BCUT2D eigenvalue weighted by Crippen LogP contribution is -2.16. The molecule has 0 fully saturated rings. The molecule has 4 N–H and O–H groups in total. The van der Waals surface area contributed by atoms with Crippen molar-refractivity contribution in [2.75, 3.05) is 11.5 Å². The zero-order valence-electron chi connectivity index (χ0n) is 11.9. The number of nitrogen functional groups attached to an aromatic ring is 2. The van der Waals surface area contributed by atoms with Gasteiger partial charge in [0, 0.05) is 30.1 Å². The van der Waals surface area contributed by atoms with Crippen molar-refractivity contribution < 1.29 is 0 Å². The third-order valence-corrected chi connectivity index (χ3v) is 3.34. The lowest BCUT2D eigenvalue weighted by molar-refractivity contribution is 0.792. The summed E-state index contributed by atoms with van der Waals surface area (Å²) in [6.45, 7) is 0. The summed E-state index contributed by atoms with van der Waals surface area (Å²) in [5.74, 6) is 0. The maximum Gasteiger partial charge on any atom is 0.203 e. The number of hydrogen-bond donors (Lipinski definition) is 2. The molecule has 110 valence electrons. The number of rotatable bonds is 3. The van der Waals surface area contributed by atoms with Gasteiger partial charge in [0.15, 0.2) is 0 Å². The summed E-state index contributed by atoms with van der Waals surface area (Å²) in [6, 6.07) is 16.3. The van der Waals surface area contributed by atoms with Crippen LogP contribution in [0.3, 0.4) is 0 Å². The Labute approximate surface area is 127 Å². The van der Waals surface area contributed by atoms with Crippen molar-refractivity contribution in [1.29, 1.82) is 0 Å².